The van der Waals surface area contributed by atoms with E-state index in [0.29, 0.717) is 12.8 Å². The molecule has 0 fully saturated rings. The number of carbonyl (C=O) groups is 2. The van der Waals surface area contributed by atoms with Gasteiger partial charge in [0.05, 0.1) is 16.2 Å². The number of carbonyl (C=O) groups excluding carboxylic acids is 1. The third-order valence-corrected chi connectivity index (χ3v) is 4.77. The van der Waals surface area contributed by atoms with Gasteiger partial charge < -0.3 is 10.4 Å². The summed E-state index contributed by atoms with van der Waals surface area (Å²) in [5, 5.41) is 11.8. The summed E-state index contributed by atoms with van der Waals surface area (Å²) in [7, 11) is 0. The van der Waals surface area contributed by atoms with Gasteiger partial charge in [-0.25, -0.2) is 0 Å². The minimum Gasteiger partial charge on any atom is -0.481 e. The van der Waals surface area contributed by atoms with Crippen molar-refractivity contribution >= 4 is 39.1 Å². The van der Waals surface area contributed by atoms with E-state index in [1.165, 1.54) is 11.3 Å². The molecule has 2 rings (SSSR count). The molecule has 1 amide bonds. The molecule has 0 aliphatic heterocycles. The number of amides is 1. The maximum absolute atomic E-state index is 12.2. The maximum Gasteiger partial charge on any atom is 0.303 e. The van der Waals surface area contributed by atoms with Gasteiger partial charge in [0.2, 0.25) is 5.91 Å². The monoisotopic (exact) mass is 381 g/mol. The average molecular weight is 382 g/mol. The fourth-order valence-corrected chi connectivity index (χ4v) is 3.61. The van der Waals surface area contributed by atoms with Crippen LogP contribution in [0.15, 0.2) is 46.3 Å². The van der Waals surface area contributed by atoms with Crippen LogP contribution >= 0.6 is 27.3 Å². The first-order valence-electron chi connectivity index (χ1n) is 6.85. The molecule has 22 heavy (non-hydrogen) atoms. The number of carboxylic acids is 1. The lowest BCUT2D eigenvalue weighted by Crippen LogP contribution is -2.30. The summed E-state index contributed by atoms with van der Waals surface area (Å²) in [4.78, 5) is 23.9. The Morgan fingerprint density at radius 3 is 2.50 bits per heavy atom. The van der Waals surface area contributed by atoms with Gasteiger partial charge in [-0.1, -0.05) is 30.3 Å². The number of halogens is 1. The number of hydrogen-bond donors (Lipinski definition) is 2. The van der Waals surface area contributed by atoms with Gasteiger partial charge in [-0.15, -0.1) is 11.3 Å². The van der Waals surface area contributed by atoms with Crippen molar-refractivity contribution in [2.24, 2.45) is 0 Å². The molecule has 0 saturated carbocycles. The highest BCUT2D eigenvalue weighted by molar-refractivity contribution is 9.11. The number of carboxylic acid groups (broad SMARTS) is 1. The molecule has 4 nitrogen and oxygen atoms in total. The van der Waals surface area contributed by atoms with Crippen molar-refractivity contribution in [2.75, 3.05) is 0 Å². The average Bonchev–Trinajstić information content (AvgIpc) is 2.89. The number of hydrogen-bond acceptors (Lipinski definition) is 3. The summed E-state index contributed by atoms with van der Waals surface area (Å²) in [5.41, 5.74) is 0.921. The third-order valence-electron chi connectivity index (χ3n) is 3.15. The number of rotatable bonds is 7. The Morgan fingerprint density at radius 1 is 1.18 bits per heavy atom. The van der Waals surface area contributed by atoms with Crippen LogP contribution in [0.3, 0.4) is 0 Å². The summed E-state index contributed by atoms with van der Waals surface area (Å²) in [6.45, 7) is 0. The van der Waals surface area contributed by atoms with Crippen LogP contribution in [-0.4, -0.2) is 17.0 Å². The topological polar surface area (TPSA) is 66.4 Å². The standard InChI is InChI=1S/C16H16BrNO3S/c17-14-8-6-12(22-14)10-15(19)18-13(7-9-16(20)21)11-4-2-1-3-5-11/h1-6,8,13H,7,9-10H2,(H,18,19)(H,20,21). The van der Waals surface area contributed by atoms with E-state index in [0.717, 1.165) is 14.2 Å². The van der Waals surface area contributed by atoms with Gasteiger partial charge in [0.15, 0.2) is 0 Å². The lowest BCUT2D eigenvalue weighted by Gasteiger charge is -2.18. The second kappa shape index (κ2) is 8.10. The van der Waals surface area contributed by atoms with Gasteiger partial charge in [0.1, 0.15) is 0 Å². The zero-order valence-electron chi connectivity index (χ0n) is 11.8. The van der Waals surface area contributed by atoms with Crippen molar-refractivity contribution in [3.8, 4) is 0 Å². The van der Waals surface area contributed by atoms with E-state index in [-0.39, 0.29) is 18.4 Å². The summed E-state index contributed by atoms with van der Waals surface area (Å²) >= 11 is 4.89. The normalized spacial score (nSPS) is 11.9. The first-order valence-corrected chi connectivity index (χ1v) is 8.46. The van der Waals surface area contributed by atoms with E-state index in [4.69, 9.17) is 5.11 Å². The summed E-state index contributed by atoms with van der Waals surface area (Å²) in [6, 6.07) is 13.0. The molecule has 1 heterocycles. The molecule has 116 valence electrons. The maximum atomic E-state index is 12.2. The summed E-state index contributed by atoms with van der Waals surface area (Å²) in [5.74, 6) is -0.967. The quantitative estimate of drug-likeness (QED) is 0.766. The number of thiophene rings is 1. The SMILES string of the molecule is O=C(O)CCC(NC(=O)Cc1ccc(Br)s1)c1ccccc1. The lowest BCUT2D eigenvalue weighted by molar-refractivity contribution is -0.137. The fraction of sp³-hybridized carbons (Fsp3) is 0.250. The smallest absolute Gasteiger partial charge is 0.303 e. The highest BCUT2D eigenvalue weighted by atomic mass is 79.9. The van der Waals surface area contributed by atoms with Gasteiger partial charge in [0, 0.05) is 11.3 Å². The fourth-order valence-electron chi connectivity index (χ4n) is 2.13. The van der Waals surface area contributed by atoms with Gasteiger partial charge in [0.25, 0.3) is 0 Å². The van der Waals surface area contributed by atoms with Crippen LogP contribution in [0.2, 0.25) is 0 Å². The van der Waals surface area contributed by atoms with Crippen molar-refractivity contribution in [1.82, 2.24) is 5.32 Å². The molecule has 0 radical (unpaired) electrons. The van der Waals surface area contributed by atoms with E-state index in [1.54, 1.807) is 0 Å². The van der Waals surface area contributed by atoms with Crippen LogP contribution in [0.1, 0.15) is 29.3 Å². The van der Waals surface area contributed by atoms with Crippen LogP contribution in [0.25, 0.3) is 0 Å². The molecular weight excluding hydrogens is 366 g/mol. The summed E-state index contributed by atoms with van der Waals surface area (Å²) < 4.78 is 0.987. The Labute approximate surface area is 141 Å². The van der Waals surface area contributed by atoms with Crippen molar-refractivity contribution in [2.45, 2.75) is 25.3 Å². The van der Waals surface area contributed by atoms with E-state index in [1.807, 2.05) is 42.5 Å². The second-order valence-electron chi connectivity index (χ2n) is 4.85. The second-order valence-corrected chi connectivity index (χ2v) is 7.39. The van der Waals surface area contributed by atoms with Gasteiger partial charge in [-0.2, -0.15) is 0 Å². The molecule has 1 aromatic carbocycles. The van der Waals surface area contributed by atoms with Crippen LogP contribution in [0.4, 0.5) is 0 Å². The van der Waals surface area contributed by atoms with Crippen molar-refractivity contribution in [3.05, 3.63) is 56.7 Å². The van der Waals surface area contributed by atoms with Crippen LogP contribution < -0.4 is 5.32 Å². The first kappa shape index (κ1) is 16.7. The van der Waals surface area contributed by atoms with E-state index in [9.17, 15) is 9.59 Å². The molecule has 0 aliphatic carbocycles. The van der Waals surface area contributed by atoms with Gasteiger partial charge in [-0.3, -0.25) is 9.59 Å². The summed E-state index contributed by atoms with van der Waals surface area (Å²) in [6.07, 6.45) is 0.691. The van der Waals surface area contributed by atoms with E-state index >= 15 is 0 Å². The Kier molecular flexibility index (Phi) is 6.15. The van der Waals surface area contributed by atoms with Crippen molar-refractivity contribution in [3.63, 3.8) is 0 Å². The molecule has 0 saturated heterocycles. The largest absolute Gasteiger partial charge is 0.481 e. The Balaban J connectivity index is 2.02. The predicted molar refractivity (Wildman–Crippen MR) is 89.9 cm³/mol. The minimum absolute atomic E-state index is 0.0182. The Bertz CT molecular complexity index is 642. The van der Waals surface area contributed by atoms with Gasteiger partial charge >= 0.3 is 5.97 Å². The highest BCUT2D eigenvalue weighted by Crippen LogP contribution is 2.23. The molecule has 0 spiro atoms. The van der Waals surface area contributed by atoms with E-state index in [2.05, 4.69) is 21.2 Å². The van der Waals surface area contributed by atoms with Crippen LogP contribution in [0.5, 0.6) is 0 Å². The van der Waals surface area contributed by atoms with E-state index < -0.39 is 5.97 Å². The predicted octanol–water partition coefficient (Wildman–Crippen LogP) is 3.78. The zero-order valence-corrected chi connectivity index (χ0v) is 14.2. The van der Waals surface area contributed by atoms with Crippen molar-refractivity contribution in [1.29, 1.82) is 0 Å². The Morgan fingerprint density at radius 2 is 1.91 bits per heavy atom. The number of nitrogens with one attached hydrogen (secondary N) is 1. The highest BCUT2D eigenvalue weighted by Gasteiger charge is 2.16. The van der Waals surface area contributed by atoms with Crippen LogP contribution in [-0.2, 0) is 16.0 Å². The molecule has 0 aliphatic rings. The molecule has 0 bridgehead atoms. The molecule has 6 heteroatoms. The minimum atomic E-state index is -0.864. The Hall–Kier alpha value is -1.66. The van der Waals surface area contributed by atoms with Gasteiger partial charge in [-0.05, 0) is 40.0 Å². The number of aliphatic carboxylic acids is 1. The molecule has 1 unspecified atom stereocenters. The van der Waals surface area contributed by atoms with Crippen molar-refractivity contribution < 1.29 is 14.7 Å². The lowest BCUT2D eigenvalue weighted by atomic mass is 10.0. The van der Waals surface area contributed by atoms with Crippen LogP contribution in [0, 0.1) is 0 Å². The third kappa shape index (κ3) is 5.27. The molecule has 2 N–H and O–H groups in total. The molecule has 2 aromatic rings. The molecular formula is C16H16BrNO3S. The molecule has 1 aromatic heterocycles. The first-order chi connectivity index (χ1) is 10.5. The molecule has 1 atom stereocenters. The number of benzene rings is 1. The zero-order chi connectivity index (χ0) is 15.9.